The molecule has 0 unspecified atom stereocenters. The first-order chi connectivity index (χ1) is 14.6. The molecule has 1 aliphatic rings. The van der Waals surface area contributed by atoms with Crippen LogP contribution in [-0.4, -0.2) is 36.2 Å². The summed E-state index contributed by atoms with van der Waals surface area (Å²) >= 11 is 0. The highest BCUT2D eigenvalue weighted by Crippen LogP contribution is 2.27. The second kappa shape index (κ2) is 11.9. The monoisotopic (exact) mass is 409 g/mol. The van der Waals surface area contributed by atoms with Gasteiger partial charge in [0.15, 0.2) is 0 Å². The second-order valence-corrected chi connectivity index (χ2v) is 8.69. The molecule has 0 radical (unpaired) electrons. The highest BCUT2D eigenvalue weighted by molar-refractivity contribution is 5.70. The van der Waals surface area contributed by atoms with Crippen molar-refractivity contribution in [1.82, 2.24) is 4.90 Å². The molecule has 0 atom stereocenters. The van der Waals surface area contributed by atoms with Crippen LogP contribution in [0.25, 0.3) is 0 Å². The second-order valence-electron chi connectivity index (χ2n) is 8.69. The van der Waals surface area contributed by atoms with Gasteiger partial charge < -0.3 is 9.47 Å². The normalized spacial score (nSPS) is 19.2. The molecule has 1 saturated carbocycles. The van der Waals surface area contributed by atoms with E-state index in [9.17, 15) is 4.79 Å². The molecule has 2 aromatic carbocycles. The summed E-state index contributed by atoms with van der Waals surface area (Å²) in [6.45, 7) is 6.50. The van der Waals surface area contributed by atoms with E-state index < -0.39 is 0 Å². The van der Waals surface area contributed by atoms with Crippen molar-refractivity contribution >= 4 is 5.97 Å². The van der Waals surface area contributed by atoms with Gasteiger partial charge in [0, 0.05) is 19.1 Å². The molecule has 0 spiro atoms. The summed E-state index contributed by atoms with van der Waals surface area (Å²) in [6.07, 6.45) is 4.31. The highest BCUT2D eigenvalue weighted by atomic mass is 16.6. The van der Waals surface area contributed by atoms with Gasteiger partial charge >= 0.3 is 5.97 Å². The Morgan fingerprint density at radius 1 is 0.900 bits per heavy atom. The van der Waals surface area contributed by atoms with E-state index in [4.69, 9.17) is 9.47 Å². The Bertz CT molecular complexity index is 698. The number of nitrogens with zero attached hydrogens (tertiary/aromatic N) is 1. The summed E-state index contributed by atoms with van der Waals surface area (Å²) < 4.78 is 11.1. The number of carbonyl (C=O) groups is 1. The summed E-state index contributed by atoms with van der Waals surface area (Å²) in [5.41, 5.74) is 2.69. The van der Waals surface area contributed by atoms with E-state index >= 15 is 0 Å². The minimum absolute atomic E-state index is 0.0692. The van der Waals surface area contributed by atoms with Crippen LogP contribution in [0.1, 0.15) is 50.7 Å². The molecule has 4 heteroatoms. The number of hydrogen-bond donors (Lipinski definition) is 0. The molecule has 3 rings (SSSR count). The van der Waals surface area contributed by atoms with Crippen LogP contribution in [0.3, 0.4) is 0 Å². The van der Waals surface area contributed by atoms with Crippen molar-refractivity contribution in [2.75, 3.05) is 13.2 Å². The van der Waals surface area contributed by atoms with Gasteiger partial charge in [0.1, 0.15) is 6.61 Å². The molecule has 162 valence electrons. The number of rotatable bonds is 10. The van der Waals surface area contributed by atoms with Gasteiger partial charge in [-0.3, -0.25) is 4.90 Å². The maximum Gasteiger partial charge on any atom is 0.332 e. The lowest BCUT2D eigenvalue weighted by atomic mass is 9.91. The fourth-order valence-electron chi connectivity index (χ4n) is 4.01. The molecule has 1 fully saturated rings. The van der Waals surface area contributed by atoms with E-state index in [1.165, 1.54) is 11.1 Å². The van der Waals surface area contributed by atoms with Crippen LogP contribution in [0.15, 0.2) is 60.7 Å². The molecule has 0 saturated heterocycles. The number of hydrogen-bond acceptors (Lipinski definition) is 4. The first kappa shape index (κ1) is 22.5. The Morgan fingerprint density at radius 3 is 1.93 bits per heavy atom. The fourth-order valence-corrected chi connectivity index (χ4v) is 4.01. The Labute approximate surface area is 181 Å². The molecular formula is C26H35NO3. The maximum absolute atomic E-state index is 11.8. The lowest BCUT2D eigenvalue weighted by Crippen LogP contribution is -2.39. The molecule has 0 aliphatic heterocycles. The van der Waals surface area contributed by atoms with Crippen molar-refractivity contribution in [2.24, 2.45) is 5.92 Å². The molecule has 0 aromatic heterocycles. The predicted molar refractivity (Wildman–Crippen MR) is 120 cm³/mol. The van der Waals surface area contributed by atoms with Crippen molar-refractivity contribution in [3.05, 3.63) is 71.8 Å². The lowest BCUT2D eigenvalue weighted by molar-refractivity contribution is -0.153. The molecule has 0 amide bonds. The predicted octanol–water partition coefficient (Wildman–Crippen LogP) is 5.22. The summed E-state index contributed by atoms with van der Waals surface area (Å²) in [5, 5.41) is 0. The molecule has 4 nitrogen and oxygen atoms in total. The van der Waals surface area contributed by atoms with Crippen molar-refractivity contribution in [3.63, 3.8) is 0 Å². The first-order valence-corrected chi connectivity index (χ1v) is 11.2. The van der Waals surface area contributed by atoms with Crippen LogP contribution in [0.5, 0.6) is 0 Å². The van der Waals surface area contributed by atoms with Gasteiger partial charge in [-0.2, -0.15) is 0 Å². The quantitative estimate of drug-likeness (QED) is 0.505. The van der Waals surface area contributed by atoms with Gasteiger partial charge in [-0.25, -0.2) is 4.79 Å². The largest absolute Gasteiger partial charge is 0.464 e. The fraction of sp³-hybridized carbons (Fsp3) is 0.500. The van der Waals surface area contributed by atoms with Crippen LogP contribution in [0.2, 0.25) is 0 Å². The minimum Gasteiger partial charge on any atom is -0.464 e. The average Bonchev–Trinajstić information content (AvgIpc) is 2.77. The zero-order valence-corrected chi connectivity index (χ0v) is 18.3. The molecule has 2 aromatic rings. The van der Waals surface area contributed by atoms with Gasteiger partial charge in [0.2, 0.25) is 0 Å². The number of esters is 1. The summed E-state index contributed by atoms with van der Waals surface area (Å²) in [5.74, 6) is 0.102. The molecule has 0 N–H and O–H groups in total. The third-order valence-electron chi connectivity index (χ3n) is 5.63. The maximum atomic E-state index is 11.8. The molecule has 0 heterocycles. The van der Waals surface area contributed by atoms with E-state index in [1.54, 1.807) is 0 Å². The zero-order valence-electron chi connectivity index (χ0n) is 18.3. The lowest BCUT2D eigenvalue weighted by Gasteiger charge is -2.37. The van der Waals surface area contributed by atoms with E-state index in [2.05, 4.69) is 65.6 Å². The van der Waals surface area contributed by atoms with Gasteiger partial charge in [-0.1, -0.05) is 74.5 Å². The van der Waals surface area contributed by atoms with E-state index in [0.717, 1.165) is 38.8 Å². The Kier molecular flexibility index (Phi) is 8.91. The standard InChI is InChI=1S/C26H35NO3/c1-21(2)19-30-26(28)20-29-25-15-13-24(14-16-25)27(17-22-9-5-3-6-10-22)18-23-11-7-4-8-12-23/h3-12,21,24-25H,13-20H2,1-2H3. The van der Waals surface area contributed by atoms with Crippen LogP contribution >= 0.6 is 0 Å². The van der Waals surface area contributed by atoms with Gasteiger partial charge in [0.05, 0.1) is 12.7 Å². The first-order valence-electron chi connectivity index (χ1n) is 11.2. The van der Waals surface area contributed by atoms with Crippen molar-refractivity contribution in [1.29, 1.82) is 0 Å². The minimum atomic E-state index is -0.249. The molecular weight excluding hydrogens is 374 g/mol. The topological polar surface area (TPSA) is 38.8 Å². The van der Waals surface area contributed by atoms with Crippen LogP contribution < -0.4 is 0 Å². The Balaban J connectivity index is 1.52. The van der Waals surface area contributed by atoms with Crippen molar-refractivity contribution < 1.29 is 14.3 Å². The number of benzene rings is 2. The zero-order chi connectivity index (χ0) is 21.2. The summed E-state index contributed by atoms with van der Waals surface area (Å²) in [7, 11) is 0. The van der Waals surface area contributed by atoms with Gasteiger partial charge in [0.25, 0.3) is 0 Å². The summed E-state index contributed by atoms with van der Waals surface area (Å²) in [6, 6.07) is 21.9. The van der Waals surface area contributed by atoms with Crippen LogP contribution in [0.4, 0.5) is 0 Å². The Morgan fingerprint density at radius 2 is 1.43 bits per heavy atom. The Hall–Kier alpha value is -2.17. The van der Waals surface area contributed by atoms with E-state index in [0.29, 0.717) is 18.6 Å². The van der Waals surface area contributed by atoms with Crippen LogP contribution in [0, 0.1) is 5.92 Å². The SMILES string of the molecule is CC(C)COC(=O)COC1CCC(N(Cc2ccccc2)Cc2ccccc2)CC1. The molecule has 1 aliphatic carbocycles. The highest BCUT2D eigenvalue weighted by Gasteiger charge is 2.27. The van der Waals surface area contributed by atoms with Gasteiger partial charge in [-0.05, 0) is 42.7 Å². The van der Waals surface area contributed by atoms with E-state index in [-0.39, 0.29) is 18.7 Å². The van der Waals surface area contributed by atoms with E-state index in [1.807, 2.05) is 13.8 Å². The third kappa shape index (κ3) is 7.58. The van der Waals surface area contributed by atoms with Crippen molar-refractivity contribution in [2.45, 2.75) is 64.8 Å². The number of ether oxygens (including phenoxy) is 2. The summed E-state index contributed by atoms with van der Waals surface area (Å²) in [4.78, 5) is 14.4. The van der Waals surface area contributed by atoms with Crippen molar-refractivity contribution in [3.8, 4) is 0 Å². The average molecular weight is 410 g/mol. The van der Waals surface area contributed by atoms with Gasteiger partial charge in [-0.15, -0.1) is 0 Å². The molecule has 0 bridgehead atoms. The third-order valence-corrected chi connectivity index (χ3v) is 5.63. The molecule has 30 heavy (non-hydrogen) atoms. The smallest absolute Gasteiger partial charge is 0.332 e. The number of carbonyl (C=O) groups excluding carboxylic acids is 1. The van der Waals surface area contributed by atoms with Crippen LogP contribution in [-0.2, 0) is 27.4 Å².